The van der Waals surface area contributed by atoms with Crippen molar-refractivity contribution in [2.24, 2.45) is 5.73 Å². The highest BCUT2D eigenvalue weighted by Gasteiger charge is 2.21. The Bertz CT molecular complexity index is 419. The zero-order valence-electron chi connectivity index (χ0n) is 9.42. The third-order valence-corrected chi connectivity index (χ3v) is 4.32. The van der Waals surface area contributed by atoms with Crippen molar-refractivity contribution in [2.75, 3.05) is 6.54 Å². The molecule has 2 atom stereocenters. The molecule has 2 unspecified atom stereocenters. The van der Waals surface area contributed by atoms with Gasteiger partial charge < -0.3 is 5.73 Å². The average molecular weight is 243 g/mol. The molecule has 0 spiro atoms. The standard InChI is InChI=1S/C10H17N3O2S/c1-8(6-11)16(14,15)13-9(2)10-4-3-5-12-7-10/h3-5,7-9,13H,6,11H2,1-2H3. The lowest BCUT2D eigenvalue weighted by atomic mass is 10.2. The van der Waals surface area contributed by atoms with E-state index in [2.05, 4.69) is 9.71 Å². The van der Waals surface area contributed by atoms with E-state index in [0.29, 0.717) is 0 Å². The fourth-order valence-corrected chi connectivity index (χ4v) is 2.30. The van der Waals surface area contributed by atoms with Gasteiger partial charge in [-0.2, -0.15) is 0 Å². The van der Waals surface area contributed by atoms with Gasteiger partial charge in [-0.3, -0.25) is 4.98 Å². The third-order valence-electron chi connectivity index (χ3n) is 2.39. The van der Waals surface area contributed by atoms with Gasteiger partial charge in [0.05, 0.1) is 5.25 Å². The smallest absolute Gasteiger partial charge is 0.216 e. The zero-order chi connectivity index (χ0) is 12.2. The monoisotopic (exact) mass is 243 g/mol. The summed E-state index contributed by atoms with van der Waals surface area (Å²) in [6.45, 7) is 3.46. The van der Waals surface area contributed by atoms with Crippen LogP contribution in [0.4, 0.5) is 0 Å². The molecule has 1 rings (SSSR count). The second kappa shape index (κ2) is 5.38. The predicted molar refractivity (Wildman–Crippen MR) is 63.2 cm³/mol. The lowest BCUT2D eigenvalue weighted by Crippen LogP contribution is -2.38. The minimum absolute atomic E-state index is 0.106. The third kappa shape index (κ3) is 3.26. The molecule has 5 nitrogen and oxygen atoms in total. The van der Waals surface area contributed by atoms with Crippen LogP contribution in [-0.4, -0.2) is 25.2 Å². The number of nitrogens with zero attached hydrogens (tertiary/aromatic N) is 1. The number of rotatable bonds is 5. The minimum atomic E-state index is -3.36. The van der Waals surface area contributed by atoms with Crippen LogP contribution in [0.1, 0.15) is 25.5 Å². The molecular weight excluding hydrogens is 226 g/mol. The van der Waals surface area contributed by atoms with Crippen LogP contribution in [0, 0.1) is 0 Å². The van der Waals surface area contributed by atoms with Crippen molar-refractivity contribution < 1.29 is 8.42 Å². The molecule has 3 N–H and O–H groups in total. The average Bonchev–Trinajstić information content (AvgIpc) is 2.28. The molecule has 0 aromatic carbocycles. The van der Waals surface area contributed by atoms with Gasteiger partial charge >= 0.3 is 0 Å². The second-order valence-corrected chi connectivity index (χ2v) is 5.85. The Kier molecular flexibility index (Phi) is 4.40. The summed E-state index contributed by atoms with van der Waals surface area (Å²) >= 11 is 0. The first kappa shape index (κ1) is 13.1. The van der Waals surface area contributed by atoms with E-state index in [4.69, 9.17) is 5.73 Å². The van der Waals surface area contributed by atoms with E-state index < -0.39 is 15.3 Å². The first-order valence-electron chi connectivity index (χ1n) is 5.08. The highest BCUT2D eigenvalue weighted by molar-refractivity contribution is 7.90. The van der Waals surface area contributed by atoms with Gasteiger partial charge in [0.15, 0.2) is 0 Å². The van der Waals surface area contributed by atoms with Gasteiger partial charge in [0.25, 0.3) is 0 Å². The second-order valence-electron chi connectivity index (χ2n) is 3.72. The minimum Gasteiger partial charge on any atom is -0.329 e. The summed E-state index contributed by atoms with van der Waals surface area (Å²) in [5.41, 5.74) is 6.17. The number of hydrogen-bond donors (Lipinski definition) is 2. The summed E-state index contributed by atoms with van der Waals surface area (Å²) in [5, 5.41) is -0.591. The molecule has 1 aromatic heterocycles. The normalized spacial score (nSPS) is 15.7. The molecule has 0 aliphatic carbocycles. The van der Waals surface area contributed by atoms with Crippen LogP contribution in [0.5, 0.6) is 0 Å². The van der Waals surface area contributed by atoms with Crippen molar-refractivity contribution in [1.29, 1.82) is 0 Å². The van der Waals surface area contributed by atoms with Crippen LogP contribution < -0.4 is 10.5 Å². The molecule has 16 heavy (non-hydrogen) atoms. The van der Waals surface area contributed by atoms with Gasteiger partial charge in [-0.25, -0.2) is 13.1 Å². The van der Waals surface area contributed by atoms with Crippen molar-refractivity contribution >= 4 is 10.0 Å². The van der Waals surface area contributed by atoms with Gasteiger partial charge in [0.2, 0.25) is 10.0 Å². The predicted octanol–water partition coefficient (Wildman–Crippen LogP) is 0.409. The Balaban J connectivity index is 2.76. The summed E-state index contributed by atoms with van der Waals surface area (Å²) < 4.78 is 26.0. The molecule has 90 valence electrons. The van der Waals surface area contributed by atoms with E-state index in [9.17, 15) is 8.42 Å². The Morgan fingerprint density at radius 2 is 2.19 bits per heavy atom. The number of nitrogens with one attached hydrogen (secondary N) is 1. The van der Waals surface area contributed by atoms with Crippen LogP contribution in [0.2, 0.25) is 0 Å². The van der Waals surface area contributed by atoms with E-state index in [1.165, 1.54) is 0 Å². The molecule has 6 heteroatoms. The number of sulfonamides is 1. The van der Waals surface area contributed by atoms with Crippen molar-refractivity contribution in [1.82, 2.24) is 9.71 Å². The molecule has 1 aromatic rings. The summed E-state index contributed by atoms with van der Waals surface area (Å²) in [6, 6.07) is 3.30. The quantitative estimate of drug-likeness (QED) is 0.784. The maximum Gasteiger partial charge on any atom is 0.216 e. The van der Waals surface area contributed by atoms with Gasteiger partial charge in [-0.15, -0.1) is 0 Å². The largest absolute Gasteiger partial charge is 0.329 e. The number of pyridine rings is 1. The van der Waals surface area contributed by atoms with Gasteiger partial charge in [0.1, 0.15) is 0 Å². The Morgan fingerprint density at radius 3 is 2.69 bits per heavy atom. The highest BCUT2D eigenvalue weighted by Crippen LogP contribution is 2.12. The SMILES string of the molecule is CC(NS(=O)(=O)C(C)CN)c1cccnc1. The summed E-state index contributed by atoms with van der Waals surface area (Å²) in [4.78, 5) is 3.94. The van der Waals surface area contributed by atoms with E-state index in [-0.39, 0.29) is 12.6 Å². The van der Waals surface area contributed by atoms with E-state index >= 15 is 0 Å². The van der Waals surface area contributed by atoms with Crippen molar-refractivity contribution in [3.8, 4) is 0 Å². The zero-order valence-corrected chi connectivity index (χ0v) is 10.2. The number of nitrogens with two attached hydrogens (primary N) is 1. The van der Waals surface area contributed by atoms with E-state index in [0.717, 1.165) is 5.56 Å². The fourth-order valence-electron chi connectivity index (χ4n) is 1.19. The Labute approximate surface area is 96.1 Å². The van der Waals surface area contributed by atoms with Gasteiger partial charge in [0, 0.05) is 25.0 Å². The van der Waals surface area contributed by atoms with Crippen LogP contribution in [0.3, 0.4) is 0 Å². The van der Waals surface area contributed by atoms with Gasteiger partial charge in [-0.05, 0) is 25.5 Å². The Hall–Kier alpha value is -0.980. The maximum absolute atomic E-state index is 11.7. The number of hydrogen-bond acceptors (Lipinski definition) is 4. The summed E-state index contributed by atoms with van der Waals surface area (Å²) in [7, 11) is -3.36. The molecule has 0 amide bonds. The molecule has 0 saturated carbocycles. The van der Waals surface area contributed by atoms with Crippen LogP contribution >= 0.6 is 0 Å². The van der Waals surface area contributed by atoms with Gasteiger partial charge in [-0.1, -0.05) is 6.07 Å². The van der Waals surface area contributed by atoms with Crippen LogP contribution in [0.15, 0.2) is 24.5 Å². The van der Waals surface area contributed by atoms with Crippen LogP contribution in [-0.2, 0) is 10.0 Å². The summed E-state index contributed by atoms with van der Waals surface area (Å²) in [5.74, 6) is 0. The molecule has 0 radical (unpaired) electrons. The van der Waals surface area contributed by atoms with Crippen LogP contribution in [0.25, 0.3) is 0 Å². The topological polar surface area (TPSA) is 85.1 Å². The number of aromatic nitrogens is 1. The molecule has 0 aliphatic rings. The van der Waals surface area contributed by atoms with Crippen molar-refractivity contribution in [2.45, 2.75) is 25.1 Å². The molecule has 1 heterocycles. The highest BCUT2D eigenvalue weighted by atomic mass is 32.2. The molecule has 0 bridgehead atoms. The fraction of sp³-hybridized carbons (Fsp3) is 0.500. The molecule has 0 fully saturated rings. The van der Waals surface area contributed by atoms with E-state index in [1.807, 2.05) is 6.07 Å². The first-order chi connectivity index (χ1) is 7.47. The van der Waals surface area contributed by atoms with Crippen molar-refractivity contribution in [3.05, 3.63) is 30.1 Å². The summed E-state index contributed by atoms with van der Waals surface area (Å²) in [6.07, 6.45) is 3.29. The Morgan fingerprint density at radius 1 is 1.50 bits per heavy atom. The molecule has 0 aliphatic heterocycles. The lowest BCUT2D eigenvalue weighted by Gasteiger charge is -2.17. The maximum atomic E-state index is 11.7. The van der Waals surface area contributed by atoms with Crippen molar-refractivity contribution in [3.63, 3.8) is 0 Å². The first-order valence-corrected chi connectivity index (χ1v) is 6.63. The molecular formula is C10H17N3O2S. The lowest BCUT2D eigenvalue weighted by molar-refractivity contribution is 0.554. The van der Waals surface area contributed by atoms with E-state index in [1.54, 1.807) is 32.3 Å². The molecule has 0 saturated heterocycles.